The highest BCUT2D eigenvalue weighted by molar-refractivity contribution is 6.33. The van der Waals surface area contributed by atoms with Crippen molar-refractivity contribution in [3.63, 3.8) is 0 Å². The van der Waals surface area contributed by atoms with Crippen LogP contribution in [0.2, 0.25) is 5.02 Å². The Hall–Kier alpha value is -3.71. The van der Waals surface area contributed by atoms with Crippen LogP contribution in [0.1, 0.15) is 12.7 Å². The van der Waals surface area contributed by atoms with Crippen molar-refractivity contribution < 1.29 is 14.1 Å². The number of hydrogen-bond donors (Lipinski definition) is 0. The minimum atomic E-state index is -0.514. The third-order valence-electron chi connectivity index (χ3n) is 4.41. The first-order valence-electron chi connectivity index (χ1n) is 8.65. The third-order valence-corrected chi connectivity index (χ3v) is 4.72. The highest BCUT2D eigenvalue weighted by Crippen LogP contribution is 2.33. The molecule has 0 radical (unpaired) electrons. The van der Waals surface area contributed by atoms with E-state index in [1.54, 1.807) is 37.3 Å². The first kappa shape index (κ1) is 18.6. The molecule has 4 rings (SSSR count). The van der Waals surface area contributed by atoms with Gasteiger partial charge in [0.1, 0.15) is 11.5 Å². The SMILES string of the molecule is CC1=NN(c2ccccc2)C(=O)C1=Cc1ccc(-c2ccc([N+](=O)[O-])cc2Cl)o1. The first-order valence-corrected chi connectivity index (χ1v) is 9.03. The molecule has 0 saturated heterocycles. The predicted molar refractivity (Wildman–Crippen MR) is 111 cm³/mol. The molecule has 0 N–H and O–H groups in total. The molecule has 3 aromatic rings. The average Bonchev–Trinajstić information content (AvgIpc) is 3.28. The minimum absolute atomic E-state index is 0.1000. The van der Waals surface area contributed by atoms with Gasteiger partial charge in [-0.2, -0.15) is 10.1 Å². The van der Waals surface area contributed by atoms with E-state index in [0.29, 0.717) is 34.1 Å². The number of para-hydroxylation sites is 1. The van der Waals surface area contributed by atoms with E-state index in [4.69, 9.17) is 16.0 Å². The van der Waals surface area contributed by atoms with Crippen molar-refractivity contribution in [3.8, 4) is 11.3 Å². The third kappa shape index (κ3) is 3.55. The number of rotatable bonds is 4. The Morgan fingerprint density at radius 3 is 2.59 bits per heavy atom. The monoisotopic (exact) mass is 407 g/mol. The van der Waals surface area contributed by atoms with E-state index < -0.39 is 4.92 Å². The van der Waals surface area contributed by atoms with Crippen LogP contribution in [0.25, 0.3) is 17.4 Å². The van der Waals surface area contributed by atoms with Crippen LogP contribution >= 0.6 is 11.6 Å². The standard InChI is InChI=1S/C21H14ClN3O4/c1-13-18(21(26)24(23-13)14-5-3-2-4-6-14)12-16-8-10-20(29-16)17-9-7-15(25(27)28)11-19(17)22/h2-12H,1H3. The van der Waals surface area contributed by atoms with Gasteiger partial charge < -0.3 is 4.42 Å². The van der Waals surface area contributed by atoms with E-state index >= 15 is 0 Å². The zero-order chi connectivity index (χ0) is 20.5. The molecule has 7 nitrogen and oxygen atoms in total. The van der Waals surface area contributed by atoms with Gasteiger partial charge in [0.2, 0.25) is 0 Å². The number of nitro groups is 1. The summed E-state index contributed by atoms with van der Waals surface area (Å²) < 4.78 is 5.79. The van der Waals surface area contributed by atoms with Crippen LogP contribution in [0.4, 0.5) is 11.4 Å². The Labute approximate surface area is 170 Å². The van der Waals surface area contributed by atoms with Crippen LogP contribution in [-0.4, -0.2) is 16.5 Å². The largest absolute Gasteiger partial charge is 0.457 e. The smallest absolute Gasteiger partial charge is 0.280 e. The number of hydrazone groups is 1. The van der Waals surface area contributed by atoms with Crippen molar-refractivity contribution in [1.29, 1.82) is 0 Å². The molecule has 0 saturated carbocycles. The van der Waals surface area contributed by atoms with Crippen LogP contribution in [-0.2, 0) is 4.79 Å². The summed E-state index contributed by atoms with van der Waals surface area (Å²) in [6.45, 7) is 1.75. The second kappa shape index (κ2) is 7.37. The molecule has 1 amide bonds. The van der Waals surface area contributed by atoms with Crippen molar-refractivity contribution in [3.05, 3.63) is 87.1 Å². The summed E-state index contributed by atoms with van der Waals surface area (Å²) in [7, 11) is 0. The fourth-order valence-electron chi connectivity index (χ4n) is 2.96. The Morgan fingerprint density at radius 2 is 1.90 bits per heavy atom. The molecule has 2 aromatic carbocycles. The van der Waals surface area contributed by atoms with E-state index in [1.165, 1.54) is 23.2 Å². The van der Waals surface area contributed by atoms with Crippen LogP contribution in [0.15, 0.2) is 75.8 Å². The number of amides is 1. The lowest BCUT2D eigenvalue weighted by Gasteiger charge is -2.10. The van der Waals surface area contributed by atoms with E-state index in [-0.39, 0.29) is 16.6 Å². The molecule has 29 heavy (non-hydrogen) atoms. The molecule has 1 aliphatic heterocycles. The molecule has 1 aromatic heterocycles. The quantitative estimate of drug-likeness (QED) is 0.333. The van der Waals surface area contributed by atoms with Gasteiger partial charge in [-0.05, 0) is 43.3 Å². The molecule has 2 heterocycles. The van der Waals surface area contributed by atoms with Gasteiger partial charge in [-0.1, -0.05) is 29.8 Å². The van der Waals surface area contributed by atoms with Gasteiger partial charge in [0, 0.05) is 17.7 Å². The van der Waals surface area contributed by atoms with Gasteiger partial charge in [0.25, 0.3) is 11.6 Å². The van der Waals surface area contributed by atoms with Crippen LogP contribution < -0.4 is 5.01 Å². The summed E-state index contributed by atoms with van der Waals surface area (Å²) >= 11 is 6.16. The first-order chi connectivity index (χ1) is 13.9. The molecule has 144 valence electrons. The van der Waals surface area contributed by atoms with Crippen molar-refractivity contribution in [1.82, 2.24) is 0 Å². The number of nitro benzene ring substituents is 1. The van der Waals surface area contributed by atoms with Crippen LogP contribution in [0, 0.1) is 10.1 Å². The van der Waals surface area contributed by atoms with Gasteiger partial charge >= 0.3 is 0 Å². The number of benzene rings is 2. The van der Waals surface area contributed by atoms with Gasteiger partial charge in [-0.3, -0.25) is 14.9 Å². The van der Waals surface area contributed by atoms with Crippen molar-refractivity contribution in [2.24, 2.45) is 5.10 Å². The Bertz CT molecular complexity index is 1180. The maximum absolute atomic E-state index is 12.8. The summed E-state index contributed by atoms with van der Waals surface area (Å²) in [4.78, 5) is 23.1. The Morgan fingerprint density at radius 1 is 1.14 bits per heavy atom. The minimum Gasteiger partial charge on any atom is -0.457 e. The maximum atomic E-state index is 12.8. The number of carbonyl (C=O) groups excluding carboxylic acids is 1. The normalized spacial score (nSPS) is 15.1. The lowest BCUT2D eigenvalue weighted by atomic mass is 10.1. The topological polar surface area (TPSA) is 89.0 Å². The second-order valence-electron chi connectivity index (χ2n) is 6.32. The fraction of sp³-hybridized carbons (Fsp3) is 0.0476. The number of nitrogens with zero attached hydrogens (tertiary/aromatic N) is 3. The Kier molecular flexibility index (Phi) is 4.74. The summed E-state index contributed by atoms with van der Waals surface area (Å²) in [5, 5.41) is 16.7. The van der Waals surface area contributed by atoms with Crippen LogP contribution in [0.5, 0.6) is 0 Å². The molecule has 0 unspecified atom stereocenters. The fourth-order valence-corrected chi connectivity index (χ4v) is 3.23. The van der Waals surface area contributed by atoms with Crippen molar-refractivity contribution in [2.45, 2.75) is 6.92 Å². The highest BCUT2D eigenvalue weighted by Gasteiger charge is 2.29. The zero-order valence-electron chi connectivity index (χ0n) is 15.2. The molecular formula is C21H14ClN3O4. The van der Waals surface area contributed by atoms with E-state index in [1.807, 2.05) is 18.2 Å². The van der Waals surface area contributed by atoms with Gasteiger partial charge in [0.15, 0.2) is 0 Å². The van der Waals surface area contributed by atoms with Gasteiger partial charge in [-0.15, -0.1) is 0 Å². The predicted octanol–water partition coefficient (Wildman–Crippen LogP) is 5.31. The summed E-state index contributed by atoms with van der Waals surface area (Å²) in [5.74, 6) is 0.638. The summed E-state index contributed by atoms with van der Waals surface area (Å²) in [6, 6.07) is 16.7. The number of halogens is 1. The Balaban J connectivity index is 1.62. The van der Waals surface area contributed by atoms with Gasteiger partial charge in [0.05, 0.1) is 26.9 Å². The van der Waals surface area contributed by atoms with Crippen molar-refractivity contribution in [2.75, 3.05) is 5.01 Å². The molecule has 0 bridgehead atoms. The molecule has 0 fully saturated rings. The maximum Gasteiger partial charge on any atom is 0.280 e. The van der Waals surface area contributed by atoms with Crippen LogP contribution in [0.3, 0.4) is 0 Å². The zero-order valence-corrected chi connectivity index (χ0v) is 16.0. The number of carbonyl (C=O) groups is 1. The molecule has 0 spiro atoms. The summed E-state index contributed by atoms with van der Waals surface area (Å²) in [5.41, 5.74) is 2.10. The second-order valence-corrected chi connectivity index (χ2v) is 6.73. The molecule has 0 aliphatic carbocycles. The molecular weight excluding hydrogens is 394 g/mol. The van der Waals surface area contributed by atoms with E-state index in [9.17, 15) is 14.9 Å². The lowest BCUT2D eigenvalue weighted by molar-refractivity contribution is -0.384. The number of non-ortho nitro benzene ring substituents is 1. The lowest BCUT2D eigenvalue weighted by Crippen LogP contribution is -2.21. The van der Waals surface area contributed by atoms with Gasteiger partial charge in [-0.25, -0.2) is 0 Å². The molecule has 0 atom stereocenters. The number of furan rings is 1. The molecule has 8 heteroatoms. The highest BCUT2D eigenvalue weighted by atomic mass is 35.5. The van der Waals surface area contributed by atoms with Crippen molar-refractivity contribution >= 4 is 40.7 Å². The average molecular weight is 408 g/mol. The number of hydrogen-bond acceptors (Lipinski definition) is 5. The molecule has 1 aliphatic rings. The summed E-state index contributed by atoms with van der Waals surface area (Å²) in [6.07, 6.45) is 1.62. The number of anilines is 1. The van der Waals surface area contributed by atoms with E-state index in [0.717, 1.165) is 0 Å². The van der Waals surface area contributed by atoms with E-state index in [2.05, 4.69) is 5.10 Å².